The predicted molar refractivity (Wildman–Crippen MR) is 115 cm³/mol. The van der Waals surface area contributed by atoms with Crippen LogP contribution in [-0.4, -0.2) is 37.6 Å². The van der Waals surface area contributed by atoms with E-state index in [4.69, 9.17) is 14.9 Å². The number of ether oxygens (including phenoxy) is 1. The maximum atomic E-state index is 12.4. The van der Waals surface area contributed by atoms with Crippen molar-refractivity contribution in [3.8, 4) is 5.75 Å². The zero-order valence-corrected chi connectivity index (χ0v) is 17.7. The number of amides is 1. The molecule has 0 radical (unpaired) electrons. The Kier molecular flexibility index (Phi) is 10.4. The van der Waals surface area contributed by atoms with Crippen LogP contribution >= 0.6 is 24.8 Å². The molecule has 1 aliphatic rings. The summed E-state index contributed by atoms with van der Waals surface area (Å²) in [7, 11) is 1.66. The van der Waals surface area contributed by atoms with E-state index in [9.17, 15) is 4.79 Å². The zero-order chi connectivity index (χ0) is 18.4. The van der Waals surface area contributed by atoms with Crippen molar-refractivity contribution in [2.24, 2.45) is 5.73 Å². The molecule has 156 valence electrons. The standard InChI is InChI=1S/C20H27N3O3.2ClH/c1-25-17-7-5-15(6-8-17)19(23-9-3-2-4-10-23)13-22-20(24)16-11-18(12-21)26-14-16;;/h5-8,11,14,19H,2-4,9-10,12-13,21H2,1H3,(H,22,24);2*1H. The number of hydrogen-bond donors (Lipinski definition) is 2. The van der Waals surface area contributed by atoms with Gasteiger partial charge in [-0.25, -0.2) is 0 Å². The van der Waals surface area contributed by atoms with Gasteiger partial charge >= 0.3 is 0 Å². The molecular weight excluding hydrogens is 401 g/mol. The highest BCUT2D eigenvalue weighted by Crippen LogP contribution is 2.26. The summed E-state index contributed by atoms with van der Waals surface area (Å²) in [5, 5.41) is 3.05. The van der Waals surface area contributed by atoms with Gasteiger partial charge in [-0.05, 0) is 49.7 Å². The summed E-state index contributed by atoms with van der Waals surface area (Å²) in [6, 6.07) is 9.93. The number of nitrogens with zero attached hydrogens (tertiary/aromatic N) is 1. The highest BCUT2D eigenvalue weighted by atomic mass is 35.5. The summed E-state index contributed by atoms with van der Waals surface area (Å²) in [4.78, 5) is 14.9. The first kappa shape index (κ1) is 24.3. The van der Waals surface area contributed by atoms with Crippen molar-refractivity contribution in [3.63, 3.8) is 0 Å². The Hall–Kier alpha value is -1.73. The Balaban J connectivity index is 0.00000196. The average molecular weight is 430 g/mol. The van der Waals surface area contributed by atoms with Gasteiger partial charge in [0, 0.05) is 6.54 Å². The van der Waals surface area contributed by atoms with E-state index in [-0.39, 0.29) is 43.3 Å². The van der Waals surface area contributed by atoms with E-state index in [1.165, 1.54) is 31.1 Å². The average Bonchev–Trinajstić information content (AvgIpc) is 3.19. The third-order valence-corrected chi connectivity index (χ3v) is 4.91. The molecule has 0 bridgehead atoms. The number of nitrogens with one attached hydrogen (secondary N) is 1. The number of rotatable bonds is 7. The quantitative estimate of drug-likeness (QED) is 0.702. The summed E-state index contributed by atoms with van der Waals surface area (Å²) in [6.07, 6.45) is 5.13. The van der Waals surface area contributed by atoms with Gasteiger partial charge in [0.2, 0.25) is 0 Å². The number of benzene rings is 1. The molecule has 1 aromatic carbocycles. The highest BCUT2D eigenvalue weighted by Gasteiger charge is 2.23. The molecule has 3 N–H and O–H groups in total. The van der Waals surface area contributed by atoms with E-state index < -0.39 is 0 Å². The number of halogens is 2. The summed E-state index contributed by atoms with van der Waals surface area (Å²) in [6.45, 7) is 2.94. The SMILES string of the molecule is COc1ccc(C(CNC(=O)c2coc(CN)c2)N2CCCCC2)cc1.Cl.Cl. The van der Waals surface area contributed by atoms with Gasteiger partial charge in [0.1, 0.15) is 17.8 Å². The molecule has 3 rings (SSSR count). The largest absolute Gasteiger partial charge is 0.497 e. The van der Waals surface area contributed by atoms with Crippen LogP contribution in [0.2, 0.25) is 0 Å². The lowest BCUT2D eigenvalue weighted by Gasteiger charge is -2.35. The Bertz CT molecular complexity index is 716. The fourth-order valence-electron chi connectivity index (χ4n) is 3.41. The van der Waals surface area contributed by atoms with Gasteiger partial charge in [0.05, 0.1) is 25.3 Å². The number of carbonyl (C=O) groups excluding carboxylic acids is 1. The normalized spacial score (nSPS) is 15.1. The summed E-state index contributed by atoms with van der Waals surface area (Å²) in [5.74, 6) is 1.31. The van der Waals surface area contributed by atoms with E-state index in [1.807, 2.05) is 12.1 Å². The maximum absolute atomic E-state index is 12.4. The third-order valence-electron chi connectivity index (χ3n) is 4.91. The van der Waals surface area contributed by atoms with Crippen LogP contribution in [0.25, 0.3) is 0 Å². The van der Waals surface area contributed by atoms with Gasteiger partial charge in [-0.1, -0.05) is 18.6 Å². The predicted octanol–water partition coefficient (Wildman–Crippen LogP) is 3.55. The summed E-state index contributed by atoms with van der Waals surface area (Å²) < 4.78 is 10.5. The van der Waals surface area contributed by atoms with Crippen LogP contribution < -0.4 is 15.8 Å². The number of methoxy groups -OCH3 is 1. The Morgan fingerprint density at radius 1 is 1.21 bits per heavy atom. The molecule has 1 amide bonds. The molecule has 1 fully saturated rings. The first-order valence-corrected chi connectivity index (χ1v) is 9.15. The van der Waals surface area contributed by atoms with Crippen molar-refractivity contribution in [2.75, 3.05) is 26.7 Å². The second-order valence-electron chi connectivity index (χ2n) is 6.60. The van der Waals surface area contributed by atoms with E-state index in [2.05, 4.69) is 22.3 Å². The molecule has 8 heteroatoms. The minimum absolute atomic E-state index is 0. The van der Waals surface area contributed by atoms with E-state index in [1.54, 1.807) is 13.2 Å². The molecule has 1 aliphatic heterocycles. The number of piperidine rings is 1. The zero-order valence-electron chi connectivity index (χ0n) is 16.1. The number of carbonyl (C=O) groups is 1. The second-order valence-corrected chi connectivity index (χ2v) is 6.60. The van der Waals surface area contributed by atoms with Gasteiger partial charge in [0.15, 0.2) is 0 Å². The lowest BCUT2D eigenvalue weighted by molar-refractivity contribution is 0.0924. The number of hydrogen-bond acceptors (Lipinski definition) is 5. The van der Waals surface area contributed by atoms with Crippen LogP contribution in [0.15, 0.2) is 41.0 Å². The Labute approximate surface area is 178 Å². The highest BCUT2D eigenvalue weighted by molar-refractivity contribution is 5.94. The van der Waals surface area contributed by atoms with E-state index >= 15 is 0 Å². The van der Waals surface area contributed by atoms with E-state index in [0.717, 1.165) is 18.8 Å². The van der Waals surface area contributed by atoms with Gasteiger partial charge < -0.3 is 20.2 Å². The Morgan fingerprint density at radius 2 is 1.89 bits per heavy atom. The van der Waals surface area contributed by atoms with Gasteiger partial charge in [-0.2, -0.15) is 0 Å². The maximum Gasteiger partial charge on any atom is 0.254 e. The minimum atomic E-state index is -0.135. The first-order valence-electron chi connectivity index (χ1n) is 9.15. The molecule has 0 aliphatic carbocycles. The van der Waals surface area contributed by atoms with Crippen molar-refractivity contribution < 1.29 is 13.9 Å². The van der Waals surface area contributed by atoms with E-state index in [0.29, 0.717) is 17.9 Å². The molecule has 2 heterocycles. The van der Waals surface area contributed by atoms with Crippen LogP contribution in [0.5, 0.6) is 5.75 Å². The monoisotopic (exact) mass is 429 g/mol. The molecule has 28 heavy (non-hydrogen) atoms. The second kappa shape index (κ2) is 12.0. The Morgan fingerprint density at radius 3 is 2.46 bits per heavy atom. The molecule has 1 aromatic heterocycles. The molecule has 0 saturated carbocycles. The van der Waals surface area contributed by atoms with Crippen LogP contribution in [0, 0.1) is 0 Å². The van der Waals surface area contributed by atoms with Crippen molar-refractivity contribution in [2.45, 2.75) is 31.8 Å². The van der Waals surface area contributed by atoms with Crippen LogP contribution in [0.1, 0.15) is 47.0 Å². The summed E-state index contributed by atoms with van der Waals surface area (Å²) in [5.41, 5.74) is 7.24. The van der Waals surface area contributed by atoms with Crippen LogP contribution in [0.4, 0.5) is 0 Å². The van der Waals surface area contributed by atoms with Crippen LogP contribution in [0.3, 0.4) is 0 Å². The molecule has 0 spiro atoms. The van der Waals surface area contributed by atoms with Crippen LogP contribution in [-0.2, 0) is 6.54 Å². The lowest BCUT2D eigenvalue weighted by atomic mass is 10.0. The van der Waals surface area contributed by atoms with Gasteiger partial charge in [0.25, 0.3) is 5.91 Å². The first-order chi connectivity index (χ1) is 12.7. The van der Waals surface area contributed by atoms with Gasteiger partial charge in [-0.15, -0.1) is 24.8 Å². The van der Waals surface area contributed by atoms with Crippen molar-refractivity contribution in [1.29, 1.82) is 0 Å². The fraction of sp³-hybridized carbons (Fsp3) is 0.450. The fourth-order valence-corrected chi connectivity index (χ4v) is 3.41. The number of likely N-dealkylation sites (tertiary alicyclic amines) is 1. The number of nitrogens with two attached hydrogens (primary N) is 1. The molecular formula is C20H29Cl2N3O3. The van der Waals surface area contributed by atoms with Crippen molar-refractivity contribution in [3.05, 3.63) is 53.5 Å². The molecule has 1 saturated heterocycles. The smallest absolute Gasteiger partial charge is 0.254 e. The molecule has 1 atom stereocenters. The van der Waals surface area contributed by atoms with Gasteiger partial charge in [-0.3, -0.25) is 9.69 Å². The third kappa shape index (κ3) is 6.14. The van der Waals surface area contributed by atoms with Crippen molar-refractivity contribution >= 4 is 30.7 Å². The summed E-state index contributed by atoms with van der Waals surface area (Å²) >= 11 is 0. The molecule has 6 nitrogen and oxygen atoms in total. The molecule has 1 unspecified atom stereocenters. The lowest BCUT2D eigenvalue weighted by Crippen LogP contribution is -2.40. The van der Waals surface area contributed by atoms with Crippen molar-refractivity contribution in [1.82, 2.24) is 10.2 Å². The topological polar surface area (TPSA) is 80.7 Å². The minimum Gasteiger partial charge on any atom is -0.497 e. The number of furan rings is 1. The molecule has 2 aromatic rings.